The van der Waals surface area contributed by atoms with Crippen LogP contribution in [-0.4, -0.2) is 25.5 Å². The Morgan fingerprint density at radius 3 is 2.93 bits per heavy atom. The number of halogens is 1. The van der Waals surface area contributed by atoms with Gasteiger partial charge >= 0.3 is 0 Å². The third-order valence-electron chi connectivity index (χ3n) is 3.89. The predicted octanol–water partition coefficient (Wildman–Crippen LogP) is 3.05. The smallest absolute Gasteiger partial charge is 0.255 e. The molecule has 4 rings (SSSR count). The molecule has 1 N–H and O–H groups in total. The first-order valence-corrected chi connectivity index (χ1v) is 7.91. The molecule has 0 saturated carbocycles. The van der Waals surface area contributed by atoms with Crippen LogP contribution in [0, 0.1) is 17.1 Å². The van der Waals surface area contributed by atoms with Crippen LogP contribution in [0.15, 0.2) is 61.2 Å². The summed E-state index contributed by atoms with van der Waals surface area (Å²) in [6.45, 7) is 0. The number of anilines is 1. The van der Waals surface area contributed by atoms with Crippen LogP contribution in [0.2, 0.25) is 0 Å². The van der Waals surface area contributed by atoms with Crippen molar-refractivity contribution < 1.29 is 9.18 Å². The normalized spacial score (nSPS) is 10.5. The average Bonchev–Trinajstić information content (AvgIpc) is 3.15. The molecule has 130 valence electrons. The Morgan fingerprint density at radius 1 is 1.19 bits per heavy atom. The lowest BCUT2D eigenvalue weighted by Crippen LogP contribution is -2.13. The van der Waals surface area contributed by atoms with Crippen molar-refractivity contribution >= 4 is 17.2 Å². The summed E-state index contributed by atoms with van der Waals surface area (Å²) in [5, 5.41) is 15.9. The first kappa shape index (κ1) is 16.4. The number of amides is 1. The van der Waals surface area contributed by atoms with E-state index in [1.165, 1.54) is 29.2 Å². The lowest BCUT2D eigenvalue weighted by Gasteiger charge is -2.08. The maximum absolute atomic E-state index is 14.1. The van der Waals surface area contributed by atoms with Gasteiger partial charge in [-0.15, -0.1) is 0 Å². The first-order chi connectivity index (χ1) is 13.1. The van der Waals surface area contributed by atoms with Crippen LogP contribution >= 0.6 is 0 Å². The van der Waals surface area contributed by atoms with Gasteiger partial charge in [-0.1, -0.05) is 0 Å². The quantitative estimate of drug-likeness (QED) is 0.607. The third kappa shape index (κ3) is 3.21. The summed E-state index contributed by atoms with van der Waals surface area (Å²) in [4.78, 5) is 20.7. The lowest BCUT2D eigenvalue weighted by atomic mass is 10.0. The van der Waals surface area contributed by atoms with E-state index in [2.05, 4.69) is 20.4 Å². The minimum atomic E-state index is -0.598. The Kier molecular flexibility index (Phi) is 4.03. The van der Waals surface area contributed by atoms with Crippen molar-refractivity contribution in [1.29, 1.82) is 5.26 Å². The molecule has 0 saturated heterocycles. The number of aromatic nitrogens is 4. The highest BCUT2D eigenvalue weighted by molar-refractivity contribution is 6.05. The number of nitrogens with zero attached hydrogens (tertiary/aromatic N) is 5. The minimum absolute atomic E-state index is 0.109. The van der Waals surface area contributed by atoms with Gasteiger partial charge in [-0.25, -0.2) is 13.9 Å². The van der Waals surface area contributed by atoms with Crippen molar-refractivity contribution in [2.24, 2.45) is 0 Å². The SMILES string of the molecule is N#Cc1cccnc1-c1cc(F)cc(C(=O)Nc2ccc3ncnn3c2)c1. The molecule has 8 heteroatoms. The maximum Gasteiger partial charge on any atom is 0.255 e. The molecule has 1 amide bonds. The molecule has 0 unspecified atom stereocenters. The summed E-state index contributed by atoms with van der Waals surface area (Å²) in [6, 6.07) is 12.5. The zero-order valence-corrected chi connectivity index (χ0v) is 13.8. The summed E-state index contributed by atoms with van der Waals surface area (Å²) in [5.74, 6) is -1.09. The van der Waals surface area contributed by atoms with E-state index in [1.54, 1.807) is 30.5 Å². The zero-order chi connectivity index (χ0) is 18.8. The molecular weight excluding hydrogens is 347 g/mol. The van der Waals surface area contributed by atoms with Gasteiger partial charge in [0.1, 0.15) is 18.2 Å². The number of nitrogens with one attached hydrogen (secondary N) is 1. The van der Waals surface area contributed by atoms with Crippen molar-refractivity contribution in [3.63, 3.8) is 0 Å². The van der Waals surface area contributed by atoms with Gasteiger partial charge in [0.15, 0.2) is 5.65 Å². The fourth-order valence-electron chi connectivity index (χ4n) is 2.68. The highest BCUT2D eigenvalue weighted by atomic mass is 19.1. The van der Waals surface area contributed by atoms with Crippen LogP contribution in [0.4, 0.5) is 10.1 Å². The molecule has 3 aromatic heterocycles. The zero-order valence-electron chi connectivity index (χ0n) is 13.8. The van der Waals surface area contributed by atoms with Crippen molar-refractivity contribution in [1.82, 2.24) is 19.6 Å². The van der Waals surface area contributed by atoms with Crippen LogP contribution in [0.1, 0.15) is 15.9 Å². The molecule has 0 fully saturated rings. The van der Waals surface area contributed by atoms with Crippen molar-refractivity contribution in [3.05, 3.63) is 78.1 Å². The Bertz CT molecular complexity index is 1210. The molecule has 0 aliphatic rings. The van der Waals surface area contributed by atoms with Gasteiger partial charge in [-0.2, -0.15) is 10.4 Å². The molecule has 7 nitrogen and oxygen atoms in total. The van der Waals surface area contributed by atoms with Crippen molar-refractivity contribution in [3.8, 4) is 17.3 Å². The molecular formula is C19H11FN6O. The van der Waals surface area contributed by atoms with Crippen LogP contribution < -0.4 is 5.32 Å². The number of pyridine rings is 2. The number of carbonyl (C=O) groups excluding carboxylic acids is 1. The summed E-state index contributed by atoms with van der Waals surface area (Å²) in [7, 11) is 0. The number of fused-ring (bicyclic) bond motifs is 1. The highest BCUT2D eigenvalue weighted by Crippen LogP contribution is 2.24. The Labute approximate surface area is 152 Å². The number of carbonyl (C=O) groups is 1. The van der Waals surface area contributed by atoms with E-state index < -0.39 is 11.7 Å². The molecule has 1 aromatic carbocycles. The number of rotatable bonds is 3. The van der Waals surface area contributed by atoms with Crippen LogP contribution in [0.5, 0.6) is 0 Å². The van der Waals surface area contributed by atoms with Crippen molar-refractivity contribution in [2.75, 3.05) is 5.32 Å². The van der Waals surface area contributed by atoms with Gasteiger partial charge in [0.25, 0.3) is 5.91 Å². The second-order valence-electron chi connectivity index (χ2n) is 5.67. The second-order valence-corrected chi connectivity index (χ2v) is 5.67. The summed E-state index contributed by atoms with van der Waals surface area (Å²) >= 11 is 0. The van der Waals surface area contributed by atoms with Gasteiger partial charge in [0.2, 0.25) is 0 Å². The highest BCUT2D eigenvalue weighted by Gasteiger charge is 2.13. The number of nitriles is 1. The minimum Gasteiger partial charge on any atom is -0.321 e. The molecule has 0 spiro atoms. The summed E-state index contributed by atoms with van der Waals surface area (Å²) in [6.07, 6.45) is 4.51. The molecule has 27 heavy (non-hydrogen) atoms. The largest absolute Gasteiger partial charge is 0.321 e. The van der Waals surface area contributed by atoms with Crippen LogP contribution in [0.3, 0.4) is 0 Å². The summed E-state index contributed by atoms with van der Waals surface area (Å²) < 4.78 is 15.6. The molecule has 0 radical (unpaired) electrons. The van der Waals surface area contributed by atoms with E-state index in [1.807, 2.05) is 6.07 Å². The third-order valence-corrected chi connectivity index (χ3v) is 3.89. The molecule has 0 aliphatic carbocycles. The predicted molar refractivity (Wildman–Crippen MR) is 95.3 cm³/mol. The number of benzene rings is 1. The standard InChI is InChI=1S/C19H11FN6O/c20-15-7-13(18-12(9-21)2-1-5-22-18)6-14(8-15)19(27)25-16-3-4-17-23-11-24-26(17)10-16/h1-8,10-11H,(H,25,27). The number of hydrogen-bond acceptors (Lipinski definition) is 5. The van der Waals surface area contributed by atoms with Crippen molar-refractivity contribution in [2.45, 2.75) is 0 Å². The summed E-state index contributed by atoms with van der Waals surface area (Å²) in [5.41, 5.74) is 2.20. The van der Waals surface area contributed by atoms with E-state index >= 15 is 0 Å². The molecule has 0 bridgehead atoms. The van der Waals surface area contributed by atoms with Gasteiger partial charge in [0, 0.05) is 17.3 Å². The fourth-order valence-corrected chi connectivity index (χ4v) is 2.68. The van der Waals surface area contributed by atoms with E-state index in [0.717, 1.165) is 6.07 Å². The Hall–Kier alpha value is -4.12. The Balaban J connectivity index is 1.68. The number of hydrogen-bond donors (Lipinski definition) is 1. The van der Waals surface area contributed by atoms with E-state index in [9.17, 15) is 14.4 Å². The van der Waals surface area contributed by atoms with E-state index in [0.29, 0.717) is 28.2 Å². The monoisotopic (exact) mass is 358 g/mol. The van der Waals surface area contributed by atoms with Gasteiger partial charge in [-0.05, 0) is 42.5 Å². The second kappa shape index (κ2) is 6.65. The lowest BCUT2D eigenvalue weighted by molar-refractivity contribution is 0.102. The topological polar surface area (TPSA) is 96.0 Å². The molecule has 0 aliphatic heterocycles. The maximum atomic E-state index is 14.1. The van der Waals surface area contributed by atoms with Crippen LogP contribution in [-0.2, 0) is 0 Å². The van der Waals surface area contributed by atoms with Gasteiger partial charge in [0.05, 0.1) is 23.1 Å². The van der Waals surface area contributed by atoms with E-state index in [-0.39, 0.29) is 5.56 Å². The van der Waals surface area contributed by atoms with Gasteiger partial charge in [-0.3, -0.25) is 9.78 Å². The molecule has 3 heterocycles. The average molecular weight is 358 g/mol. The molecule has 0 atom stereocenters. The Morgan fingerprint density at radius 2 is 2.07 bits per heavy atom. The van der Waals surface area contributed by atoms with E-state index in [4.69, 9.17) is 0 Å². The molecule has 4 aromatic rings. The van der Waals surface area contributed by atoms with Gasteiger partial charge < -0.3 is 5.32 Å². The fraction of sp³-hybridized carbons (Fsp3) is 0. The van der Waals surface area contributed by atoms with Crippen LogP contribution in [0.25, 0.3) is 16.9 Å². The first-order valence-electron chi connectivity index (χ1n) is 7.91.